The SMILES string of the molecule is CCC1[C@H](C)C(NC(=O)OCc2ccccc2)c2cc(C3=CCOCC3)ccc2N1C(C)=O. The lowest BCUT2D eigenvalue weighted by Gasteiger charge is -2.45. The highest BCUT2D eigenvalue weighted by Crippen LogP contribution is 2.43. The highest BCUT2D eigenvalue weighted by Gasteiger charge is 2.40. The second kappa shape index (κ2) is 10.2. The van der Waals surface area contributed by atoms with E-state index in [1.54, 1.807) is 6.92 Å². The van der Waals surface area contributed by atoms with Crippen LogP contribution in [0.2, 0.25) is 0 Å². The van der Waals surface area contributed by atoms with Gasteiger partial charge >= 0.3 is 6.09 Å². The molecule has 6 heteroatoms. The van der Waals surface area contributed by atoms with Crippen molar-refractivity contribution in [3.8, 4) is 0 Å². The second-order valence-electron chi connectivity index (χ2n) is 8.74. The number of fused-ring (bicyclic) bond motifs is 1. The number of hydrogen-bond acceptors (Lipinski definition) is 4. The van der Waals surface area contributed by atoms with Crippen molar-refractivity contribution in [3.63, 3.8) is 0 Å². The number of nitrogens with zero attached hydrogens (tertiary/aromatic N) is 1. The van der Waals surface area contributed by atoms with Crippen molar-refractivity contribution in [2.24, 2.45) is 5.92 Å². The van der Waals surface area contributed by atoms with Gasteiger partial charge in [-0.25, -0.2) is 4.79 Å². The highest BCUT2D eigenvalue weighted by atomic mass is 16.5. The molecule has 0 aliphatic carbocycles. The summed E-state index contributed by atoms with van der Waals surface area (Å²) in [4.78, 5) is 27.3. The van der Waals surface area contributed by atoms with Gasteiger partial charge in [-0.3, -0.25) is 4.79 Å². The summed E-state index contributed by atoms with van der Waals surface area (Å²) in [6.07, 6.45) is 3.29. The minimum Gasteiger partial charge on any atom is -0.445 e. The van der Waals surface area contributed by atoms with E-state index in [1.165, 1.54) is 5.57 Å². The van der Waals surface area contributed by atoms with E-state index >= 15 is 0 Å². The molecule has 1 N–H and O–H groups in total. The molecule has 0 saturated heterocycles. The quantitative estimate of drug-likeness (QED) is 0.679. The molecular weight excluding hydrogens is 416 g/mol. The topological polar surface area (TPSA) is 67.9 Å². The van der Waals surface area contributed by atoms with Crippen LogP contribution in [0.1, 0.15) is 56.3 Å². The monoisotopic (exact) mass is 448 g/mol. The van der Waals surface area contributed by atoms with Gasteiger partial charge < -0.3 is 19.7 Å². The van der Waals surface area contributed by atoms with E-state index in [4.69, 9.17) is 9.47 Å². The number of alkyl carbamates (subject to hydrolysis) is 1. The minimum atomic E-state index is -0.455. The van der Waals surface area contributed by atoms with Gasteiger partial charge in [0.2, 0.25) is 5.91 Å². The summed E-state index contributed by atoms with van der Waals surface area (Å²) < 4.78 is 11.0. The lowest BCUT2D eigenvalue weighted by molar-refractivity contribution is -0.117. The van der Waals surface area contributed by atoms with Crippen LogP contribution in [0.3, 0.4) is 0 Å². The highest BCUT2D eigenvalue weighted by molar-refractivity contribution is 5.94. The lowest BCUT2D eigenvalue weighted by Crippen LogP contribution is -2.51. The van der Waals surface area contributed by atoms with Crippen LogP contribution in [0.25, 0.3) is 5.57 Å². The number of amides is 2. The van der Waals surface area contributed by atoms with Gasteiger partial charge in [0.1, 0.15) is 6.61 Å². The molecule has 2 heterocycles. The molecule has 4 rings (SSSR count). The van der Waals surface area contributed by atoms with Gasteiger partial charge in [0.25, 0.3) is 0 Å². The van der Waals surface area contributed by atoms with Gasteiger partial charge in [-0.05, 0) is 47.2 Å². The first kappa shape index (κ1) is 23.1. The molecule has 2 aromatic rings. The predicted molar refractivity (Wildman–Crippen MR) is 129 cm³/mol. The fourth-order valence-electron chi connectivity index (χ4n) is 4.99. The molecule has 0 aromatic heterocycles. The van der Waals surface area contributed by atoms with Crippen molar-refractivity contribution < 1.29 is 19.1 Å². The van der Waals surface area contributed by atoms with Crippen LogP contribution in [0, 0.1) is 5.92 Å². The molecule has 2 aromatic carbocycles. The molecule has 174 valence electrons. The first-order valence-electron chi connectivity index (χ1n) is 11.7. The normalized spacial score (nSPS) is 22.2. The van der Waals surface area contributed by atoms with Crippen molar-refractivity contribution in [3.05, 3.63) is 71.3 Å². The Hall–Kier alpha value is -3.12. The Balaban J connectivity index is 1.65. The Bertz CT molecular complexity index is 1030. The Morgan fingerprint density at radius 3 is 2.64 bits per heavy atom. The fourth-order valence-corrected chi connectivity index (χ4v) is 4.99. The first-order chi connectivity index (χ1) is 16.0. The summed E-state index contributed by atoms with van der Waals surface area (Å²) in [7, 11) is 0. The zero-order valence-corrected chi connectivity index (χ0v) is 19.5. The molecule has 0 saturated carbocycles. The van der Waals surface area contributed by atoms with Crippen LogP contribution in [-0.4, -0.2) is 31.3 Å². The summed E-state index contributed by atoms with van der Waals surface area (Å²) in [5.41, 5.74) is 5.08. The zero-order chi connectivity index (χ0) is 23.4. The zero-order valence-electron chi connectivity index (χ0n) is 19.5. The summed E-state index contributed by atoms with van der Waals surface area (Å²) in [6.45, 7) is 7.29. The van der Waals surface area contributed by atoms with E-state index in [0.717, 1.165) is 35.2 Å². The molecule has 0 bridgehead atoms. The molecule has 0 fully saturated rings. The maximum atomic E-state index is 12.8. The Kier molecular flexibility index (Phi) is 7.14. The second-order valence-corrected chi connectivity index (χ2v) is 8.74. The van der Waals surface area contributed by atoms with Crippen LogP contribution in [-0.2, 0) is 20.9 Å². The Labute approximate surface area is 195 Å². The summed E-state index contributed by atoms with van der Waals surface area (Å²) >= 11 is 0. The van der Waals surface area contributed by atoms with Crippen LogP contribution < -0.4 is 10.2 Å². The van der Waals surface area contributed by atoms with Crippen LogP contribution in [0.15, 0.2) is 54.6 Å². The maximum absolute atomic E-state index is 12.8. The van der Waals surface area contributed by atoms with Gasteiger partial charge in [-0.15, -0.1) is 0 Å². The Morgan fingerprint density at radius 2 is 1.97 bits per heavy atom. The molecular formula is C27H32N2O4. The average molecular weight is 449 g/mol. The van der Waals surface area contributed by atoms with Gasteiger partial charge in [0.05, 0.1) is 19.3 Å². The van der Waals surface area contributed by atoms with Gasteiger partial charge in [0.15, 0.2) is 0 Å². The van der Waals surface area contributed by atoms with Crippen LogP contribution in [0.5, 0.6) is 0 Å². The van der Waals surface area contributed by atoms with Crippen molar-refractivity contribution in [1.29, 1.82) is 0 Å². The molecule has 2 aliphatic heterocycles. The minimum absolute atomic E-state index is 0.0115. The van der Waals surface area contributed by atoms with Crippen molar-refractivity contribution in [1.82, 2.24) is 5.32 Å². The molecule has 0 radical (unpaired) electrons. The van der Waals surface area contributed by atoms with Crippen LogP contribution in [0.4, 0.5) is 10.5 Å². The number of hydrogen-bond donors (Lipinski definition) is 1. The molecule has 33 heavy (non-hydrogen) atoms. The molecule has 2 aliphatic rings. The van der Waals surface area contributed by atoms with Crippen molar-refractivity contribution >= 4 is 23.3 Å². The summed E-state index contributed by atoms with van der Waals surface area (Å²) in [5, 5.41) is 3.11. The number of anilines is 1. The standard InChI is InChI=1S/C27H32N2O4/c1-4-24-18(2)26(28-27(31)33-17-20-8-6-5-7-9-20)23-16-22(21-12-14-32-15-13-21)10-11-25(23)29(24)19(3)30/h5-12,16,18,24,26H,4,13-15,17H2,1-3H3,(H,28,31)/t18-,24?,26?/m0/s1. The number of ether oxygens (including phenoxy) is 2. The van der Waals surface area contributed by atoms with E-state index in [0.29, 0.717) is 13.2 Å². The molecule has 2 unspecified atom stereocenters. The molecule has 6 nitrogen and oxygen atoms in total. The number of benzene rings is 2. The van der Waals surface area contributed by atoms with Crippen molar-refractivity contribution in [2.45, 2.75) is 52.3 Å². The summed E-state index contributed by atoms with van der Waals surface area (Å²) in [6, 6.07) is 15.6. The van der Waals surface area contributed by atoms with E-state index in [-0.39, 0.29) is 30.5 Å². The largest absolute Gasteiger partial charge is 0.445 e. The van der Waals surface area contributed by atoms with E-state index < -0.39 is 6.09 Å². The molecule has 2 amide bonds. The number of nitrogens with one attached hydrogen (secondary N) is 1. The molecule has 3 atom stereocenters. The van der Waals surface area contributed by atoms with E-state index in [1.807, 2.05) is 41.3 Å². The first-order valence-corrected chi connectivity index (χ1v) is 11.7. The third-order valence-electron chi connectivity index (χ3n) is 6.66. The van der Waals surface area contributed by atoms with Crippen molar-refractivity contribution in [2.75, 3.05) is 18.1 Å². The number of rotatable bonds is 5. The fraction of sp³-hybridized carbons (Fsp3) is 0.407. The van der Waals surface area contributed by atoms with Gasteiger partial charge in [-0.1, -0.05) is 56.3 Å². The third kappa shape index (κ3) is 4.96. The summed E-state index contributed by atoms with van der Waals surface area (Å²) in [5.74, 6) is 0.0349. The Morgan fingerprint density at radius 1 is 1.18 bits per heavy atom. The van der Waals surface area contributed by atoms with E-state index in [9.17, 15) is 9.59 Å². The smallest absolute Gasteiger partial charge is 0.407 e. The third-order valence-corrected chi connectivity index (χ3v) is 6.66. The molecule has 0 spiro atoms. The van der Waals surface area contributed by atoms with Gasteiger partial charge in [0, 0.05) is 24.6 Å². The van der Waals surface area contributed by atoms with Gasteiger partial charge in [-0.2, -0.15) is 0 Å². The lowest BCUT2D eigenvalue weighted by atomic mass is 9.80. The number of carbonyl (C=O) groups is 2. The van der Waals surface area contributed by atoms with E-state index in [2.05, 4.69) is 37.4 Å². The average Bonchev–Trinajstić information content (AvgIpc) is 2.84. The van der Waals surface area contributed by atoms with Crippen LogP contribution >= 0.6 is 0 Å². The maximum Gasteiger partial charge on any atom is 0.407 e. The predicted octanol–water partition coefficient (Wildman–Crippen LogP) is 5.24. The number of carbonyl (C=O) groups excluding carboxylic acids is 2.